The lowest BCUT2D eigenvalue weighted by Crippen LogP contribution is -2.18. The van der Waals surface area contributed by atoms with Crippen molar-refractivity contribution in [3.63, 3.8) is 0 Å². The molecule has 0 bridgehead atoms. The summed E-state index contributed by atoms with van der Waals surface area (Å²) in [6, 6.07) is 13.5. The summed E-state index contributed by atoms with van der Waals surface area (Å²) in [5, 5.41) is 14.5. The first-order valence-corrected chi connectivity index (χ1v) is 7.83. The molecule has 0 unspecified atom stereocenters. The number of nitrogens with zero attached hydrogens (tertiary/aromatic N) is 2. The largest absolute Gasteiger partial charge is 0.494 e. The second-order valence-corrected chi connectivity index (χ2v) is 5.45. The molecule has 0 saturated carbocycles. The standard InChI is InChI=1S/C18H17N3O4/c1-2-25-16-6-7-17-13(10-16)8-9-20(17)12-18(22)19-14-4-3-5-15(11-14)21(23)24/h3-11H,2,12H2,1H3,(H,19,22). The van der Waals surface area contributed by atoms with Gasteiger partial charge in [-0.15, -0.1) is 0 Å². The number of rotatable bonds is 6. The molecular weight excluding hydrogens is 322 g/mol. The summed E-state index contributed by atoms with van der Waals surface area (Å²) in [6.45, 7) is 2.63. The highest BCUT2D eigenvalue weighted by atomic mass is 16.6. The third-order valence-corrected chi connectivity index (χ3v) is 3.71. The topological polar surface area (TPSA) is 86.4 Å². The molecule has 0 aliphatic heterocycles. The highest BCUT2D eigenvalue weighted by molar-refractivity contribution is 5.92. The molecule has 25 heavy (non-hydrogen) atoms. The van der Waals surface area contributed by atoms with E-state index in [1.807, 2.05) is 42.0 Å². The van der Waals surface area contributed by atoms with Crippen molar-refractivity contribution >= 4 is 28.2 Å². The number of carbonyl (C=O) groups is 1. The molecule has 0 atom stereocenters. The van der Waals surface area contributed by atoms with E-state index in [9.17, 15) is 14.9 Å². The zero-order valence-electron chi connectivity index (χ0n) is 13.6. The number of nitro benzene ring substituents is 1. The van der Waals surface area contributed by atoms with Gasteiger partial charge in [0.2, 0.25) is 5.91 Å². The first-order chi connectivity index (χ1) is 12.1. The molecule has 0 radical (unpaired) electrons. The number of nitrogens with one attached hydrogen (secondary N) is 1. The number of ether oxygens (including phenoxy) is 1. The number of carbonyl (C=O) groups excluding carboxylic acids is 1. The molecule has 128 valence electrons. The minimum absolute atomic E-state index is 0.0623. The fraction of sp³-hybridized carbons (Fsp3) is 0.167. The molecule has 7 heteroatoms. The normalized spacial score (nSPS) is 10.6. The van der Waals surface area contributed by atoms with E-state index in [1.54, 1.807) is 6.07 Å². The predicted octanol–water partition coefficient (Wildman–Crippen LogP) is 3.59. The van der Waals surface area contributed by atoms with Gasteiger partial charge in [-0.3, -0.25) is 14.9 Å². The summed E-state index contributed by atoms with van der Waals surface area (Å²) < 4.78 is 7.29. The number of non-ortho nitro benzene ring substituents is 1. The number of anilines is 1. The molecule has 0 aliphatic carbocycles. The van der Waals surface area contributed by atoms with Crippen LogP contribution in [0.2, 0.25) is 0 Å². The van der Waals surface area contributed by atoms with Crippen molar-refractivity contribution in [3.8, 4) is 5.75 Å². The Morgan fingerprint density at radius 1 is 1.24 bits per heavy atom. The van der Waals surface area contributed by atoms with E-state index in [-0.39, 0.29) is 18.1 Å². The number of amides is 1. The number of nitro groups is 1. The van der Waals surface area contributed by atoms with E-state index in [0.717, 1.165) is 16.7 Å². The summed E-state index contributed by atoms with van der Waals surface area (Å²) >= 11 is 0. The van der Waals surface area contributed by atoms with Crippen LogP contribution in [0.4, 0.5) is 11.4 Å². The van der Waals surface area contributed by atoms with Crippen molar-refractivity contribution in [2.24, 2.45) is 0 Å². The highest BCUT2D eigenvalue weighted by Gasteiger charge is 2.10. The number of benzene rings is 2. The lowest BCUT2D eigenvalue weighted by Gasteiger charge is -2.08. The van der Waals surface area contributed by atoms with Gasteiger partial charge in [-0.1, -0.05) is 6.07 Å². The Morgan fingerprint density at radius 3 is 2.84 bits per heavy atom. The molecule has 1 aromatic heterocycles. The van der Waals surface area contributed by atoms with E-state index in [0.29, 0.717) is 12.3 Å². The van der Waals surface area contributed by atoms with E-state index in [2.05, 4.69) is 5.32 Å². The van der Waals surface area contributed by atoms with Gasteiger partial charge in [-0.2, -0.15) is 0 Å². The minimum atomic E-state index is -0.495. The number of aromatic nitrogens is 1. The van der Waals surface area contributed by atoms with Gasteiger partial charge in [0.25, 0.3) is 5.69 Å². The molecule has 1 N–H and O–H groups in total. The van der Waals surface area contributed by atoms with Gasteiger partial charge < -0.3 is 14.6 Å². The van der Waals surface area contributed by atoms with Crippen LogP contribution in [0.3, 0.4) is 0 Å². The highest BCUT2D eigenvalue weighted by Crippen LogP contribution is 2.22. The Bertz CT molecular complexity index is 933. The van der Waals surface area contributed by atoms with E-state index in [1.165, 1.54) is 18.2 Å². The average molecular weight is 339 g/mol. The second kappa shape index (κ2) is 7.04. The van der Waals surface area contributed by atoms with Crippen LogP contribution >= 0.6 is 0 Å². The molecule has 0 aliphatic rings. The van der Waals surface area contributed by atoms with Crippen molar-refractivity contribution in [2.45, 2.75) is 13.5 Å². The minimum Gasteiger partial charge on any atom is -0.494 e. The van der Waals surface area contributed by atoms with Gasteiger partial charge in [0.05, 0.1) is 11.5 Å². The van der Waals surface area contributed by atoms with Crippen LogP contribution < -0.4 is 10.1 Å². The van der Waals surface area contributed by atoms with Gasteiger partial charge in [0.1, 0.15) is 12.3 Å². The van der Waals surface area contributed by atoms with Gasteiger partial charge >= 0.3 is 0 Å². The van der Waals surface area contributed by atoms with Crippen molar-refractivity contribution in [1.82, 2.24) is 4.57 Å². The molecule has 0 fully saturated rings. The summed E-state index contributed by atoms with van der Waals surface area (Å²) in [4.78, 5) is 22.5. The number of hydrogen-bond acceptors (Lipinski definition) is 4. The predicted molar refractivity (Wildman–Crippen MR) is 94.8 cm³/mol. The Hall–Kier alpha value is -3.35. The number of fused-ring (bicyclic) bond motifs is 1. The molecule has 3 rings (SSSR count). The van der Waals surface area contributed by atoms with Crippen LogP contribution in [0.1, 0.15) is 6.92 Å². The van der Waals surface area contributed by atoms with Crippen LogP contribution in [0, 0.1) is 10.1 Å². The van der Waals surface area contributed by atoms with Crippen molar-refractivity contribution in [3.05, 3.63) is 64.8 Å². The molecule has 7 nitrogen and oxygen atoms in total. The summed E-state index contributed by atoms with van der Waals surface area (Å²) in [7, 11) is 0. The van der Waals surface area contributed by atoms with Crippen LogP contribution in [-0.2, 0) is 11.3 Å². The SMILES string of the molecule is CCOc1ccc2c(ccn2CC(=O)Nc2cccc([N+](=O)[O-])c2)c1. The van der Waals surface area contributed by atoms with Crippen LogP contribution in [0.25, 0.3) is 10.9 Å². The smallest absolute Gasteiger partial charge is 0.271 e. The zero-order chi connectivity index (χ0) is 17.8. The Labute approximate surface area is 144 Å². The summed E-state index contributed by atoms with van der Waals surface area (Å²) in [5.41, 5.74) is 1.25. The summed E-state index contributed by atoms with van der Waals surface area (Å²) in [5.74, 6) is 0.528. The zero-order valence-corrected chi connectivity index (χ0v) is 13.6. The maximum Gasteiger partial charge on any atom is 0.271 e. The van der Waals surface area contributed by atoms with Gasteiger partial charge in [-0.25, -0.2) is 0 Å². The van der Waals surface area contributed by atoms with Crippen LogP contribution in [0.15, 0.2) is 54.7 Å². The Morgan fingerprint density at radius 2 is 2.08 bits per heavy atom. The van der Waals surface area contributed by atoms with E-state index in [4.69, 9.17) is 4.74 Å². The molecule has 0 spiro atoms. The van der Waals surface area contributed by atoms with Gasteiger partial charge in [-0.05, 0) is 37.3 Å². The molecule has 3 aromatic rings. The van der Waals surface area contributed by atoms with Crippen molar-refractivity contribution in [2.75, 3.05) is 11.9 Å². The monoisotopic (exact) mass is 339 g/mol. The quantitative estimate of drug-likeness (QED) is 0.549. The maximum absolute atomic E-state index is 12.2. The van der Waals surface area contributed by atoms with Crippen LogP contribution in [0.5, 0.6) is 5.75 Å². The van der Waals surface area contributed by atoms with E-state index < -0.39 is 4.92 Å². The van der Waals surface area contributed by atoms with Gasteiger partial charge in [0.15, 0.2) is 0 Å². The molecular formula is C18H17N3O4. The van der Waals surface area contributed by atoms with Crippen molar-refractivity contribution < 1.29 is 14.5 Å². The first kappa shape index (κ1) is 16.5. The lowest BCUT2D eigenvalue weighted by atomic mass is 10.2. The molecule has 0 saturated heterocycles. The van der Waals surface area contributed by atoms with Crippen LogP contribution in [-0.4, -0.2) is 22.0 Å². The van der Waals surface area contributed by atoms with E-state index >= 15 is 0 Å². The van der Waals surface area contributed by atoms with Gasteiger partial charge in [0, 0.05) is 34.9 Å². The second-order valence-electron chi connectivity index (χ2n) is 5.45. The Kier molecular flexibility index (Phi) is 4.65. The maximum atomic E-state index is 12.2. The lowest BCUT2D eigenvalue weighted by molar-refractivity contribution is -0.384. The fourth-order valence-electron chi connectivity index (χ4n) is 2.63. The third kappa shape index (κ3) is 3.77. The first-order valence-electron chi connectivity index (χ1n) is 7.83. The number of hydrogen-bond donors (Lipinski definition) is 1. The van der Waals surface area contributed by atoms with Crippen molar-refractivity contribution in [1.29, 1.82) is 0 Å². The molecule has 1 amide bonds. The third-order valence-electron chi connectivity index (χ3n) is 3.71. The fourth-order valence-corrected chi connectivity index (χ4v) is 2.63. The molecule has 1 heterocycles. The Balaban J connectivity index is 1.74. The summed E-state index contributed by atoms with van der Waals surface area (Å²) in [6.07, 6.45) is 1.83. The molecule has 2 aromatic carbocycles. The average Bonchev–Trinajstić information content (AvgIpc) is 2.97.